The Morgan fingerprint density at radius 2 is 2.25 bits per heavy atom. The Hall–Kier alpha value is -1.32. The highest BCUT2D eigenvalue weighted by molar-refractivity contribution is 5.39. The average Bonchev–Trinajstić information content (AvgIpc) is 1.99. The van der Waals surface area contributed by atoms with Crippen LogP contribution in [0.15, 0.2) is 6.07 Å². The molecule has 0 amide bonds. The van der Waals surface area contributed by atoms with Crippen LogP contribution in [0.4, 0.5) is 11.8 Å². The molecular formula is C8H14N4. The molecule has 12 heavy (non-hydrogen) atoms. The van der Waals surface area contributed by atoms with Gasteiger partial charge in [0, 0.05) is 18.3 Å². The first-order valence-electron chi connectivity index (χ1n) is 4.07. The third kappa shape index (κ3) is 2.38. The monoisotopic (exact) mass is 166 g/mol. The average molecular weight is 166 g/mol. The first kappa shape index (κ1) is 8.77. The van der Waals surface area contributed by atoms with Crippen molar-refractivity contribution in [1.82, 2.24) is 9.97 Å². The van der Waals surface area contributed by atoms with Crippen molar-refractivity contribution in [1.29, 1.82) is 0 Å². The van der Waals surface area contributed by atoms with E-state index in [1.807, 2.05) is 13.0 Å². The summed E-state index contributed by atoms with van der Waals surface area (Å²) in [4.78, 5) is 8.00. The largest absolute Gasteiger partial charge is 0.370 e. The fourth-order valence-electron chi connectivity index (χ4n) is 0.935. The molecule has 0 bridgehead atoms. The maximum atomic E-state index is 5.47. The van der Waals surface area contributed by atoms with Crippen LogP contribution in [0.1, 0.15) is 19.0 Å². The van der Waals surface area contributed by atoms with Gasteiger partial charge in [-0.05, 0) is 13.3 Å². The van der Waals surface area contributed by atoms with E-state index in [4.69, 9.17) is 5.73 Å². The SMILES string of the molecule is CCCNc1cc(C)nc(N)n1. The summed E-state index contributed by atoms with van der Waals surface area (Å²) in [6.45, 7) is 4.91. The van der Waals surface area contributed by atoms with Gasteiger partial charge in [0.15, 0.2) is 0 Å². The molecule has 0 saturated carbocycles. The normalized spacial score (nSPS) is 9.83. The van der Waals surface area contributed by atoms with Gasteiger partial charge >= 0.3 is 0 Å². The minimum atomic E-state index is 0.327. The highest BCUT2D eigenvalue weighted by Gasteiger charge is 1.96. The van der Waals surface area contributed by atoms with Crippen molar-refractivity contribution in [3.05, 3.63) is 11.8 Å². The number of nitrogens with one attached hydrogen (secondary N) is 1. The molecule has 0 aliphatic carbocycles. The summed E-state index contributed by atoms with van der Waals surface area (Å²) in [7, 11) is 0. The lowest BCUT2D eigenvalue weighted by atomic mass is 10.4. The van der Waals surface area contributed by atoms with Crippen LogP contribution < -0.4 is 11.1 Å². The Morgan fingerprint density at radius 3 is 2.83 bits per heavy atom. The van der Waals surface area contributed by atoms with E-state index in [0.717, 1.165) is 24.5 Å². The van der Waals surface area contributed by atoms with Crippen LogP contribution in [0, 0.1) is 6.92 Å². The second-order valence-corrected chi connectivity index (χ2v) is 2.68. The Balaban J connectivity index is 2.72. The summed E-state index contributed by atoms with van der Waals surface area (Å²) >= 11 is 0. The molecule has 4 heteroatoms. The van der Waals surface area contributed by atoms with E-state index in [1.54, 1.807) is 0 Å². The number of hydrogen-bond donors (Lipinski definition) is 2. The maximum absolute atomic E-state index is 5.47. The van der Waals surface area contributed by atoms with Gasteiger partial charge in [0.1, 0.15) is 5.82 Å². The fourth-order valence-corrected chi connectivity index (χ4v) is 0.935. The lowest BCUT2D eigenvalue weighted by Crippen LogP contribution is -2.05. The Kier molecular flexibility index (Phi) is 2.85. The number of aryl methyl sites for hydroxylation is 1. The van der Waals surface area contributed by atoms with E-state index >= 15 is 0 Å². The maximum Gasteiger partial charge on any atom is 0.222 e. The second-order valence-electron chi connectivity index (χ2n) is 2.68. The number of nitrogens with zero attached hydrogens (tertiary/aromatic N) is 2. The minimum absolute atomic E-state index is 0.327. The van der Waals surface area contributed by atoms with Gasteiger partial charge in [0.25, 0.3) is 0 Å². The first-order valence-corrected chi connectivity index (χ1v) is 4.07. The zero-order valence-corrected chi connectivity index (χ0v) is 7.46. The lowest BCUT2D eigenvalue weighted by Gasteiger charge is -2.04. The van der Waals surface area contributed by atoms with Crippen molar-refractivity contribution in [3.8, 4) is 0 Å². The van der Waals surface area contributed by atoms with E-state index in [1.165, 1.54) is 0 Å². The number of anilines is 2. The summed E-state index contributed by atoms with van der Waals surface area (Å²) in [5, 5.41) is 3.14. The smallest absolute Gasteiger partial charge is 0.222 e. The highest BCUT2D eigenvalue weighted by atomic mass is 15.1. The van der Waals surface area contributed by atoms with Gasteiger partial charge in [-0.1, -0.05) is 6.92 Å². The second kappa shape index (κ2) is 3.90. The molecule has 0 aliphatic heterocycles. The summed E-state index contributed by atoms with van der Waals surface area (Å²) in [5.41, 5.74) is 6.36. The van der Waals surface area contributed by atoms with Crippen LogP contribution in [0.2, 0.25) is 0 Å². The van der Waals surface area contributed by atoms with Gasteiger partial charge in [-0.3, -0.25) is 0 Å². The van der Waals surface area contributed by atoms with Crippen LogP contribution in [0.3, 0.4) is 0 Å². The molecule has 3 N–H and O–H groups in total. The molecule has 0 radical (unpaired) electrons. The van der Waals surface area contributed by atoms with Crippen molar-refractivity contribution < 1.29 is 0 Å². The number of rotatable bonds is 3. The van der Waals surface area contributed by atoms with Gasteiger partial charge in [-0.2, -0.15) is 4.98 Å². The molecule has 1 heterocycles. The zero-order chi connectivity index (χ0) is 8.97. The molecule has 1 aromatic heterocycles. The zero-order valence-electron chi connectivity index (χ0n) is 7.46. The summed E-state index contributed by atoms with van der Waals surface area (Å²) in [5.74, 6) is 1.13. The van der Waals surface area contributed by atoms with Crippen molar-refractivity contribution in [2.24, 2.45) is 0 Å². The molecule has 0 spiro atoms. The van der Waals surface area contributed by atoms with Gasteiger partial charge in [-0.25, -0.2) is 4.98 Å². The minimum Gasteiger partial charge on any atom is -0.370 e. The molecule has 0 aromatic carbocycles. The highest BCUT2D eigenvalue weighted by Crippen LogP contribution is 2.06. The predicted octanol–water partition coefficient (Wildman–Crippen LogP) is 1.19. The molecule has 0 fully saturated rings. The summed E-state index contributed by atoms with van der Waals surface area (Å²) in [6, 6.07) is 1.88. The fraction of sp³-hybridized carbons (Fsp3) is 0.500. The van der Waals surface area contributed by atoms with Crippen molar-refractivity contribution in [3.63, 3.8) is 0 Å². The van der Waals surface area contributed by atoms with Crippen LogP contribution >= 0.6 is 0 Å². The molecule has 0 unspecified atom stereocenters. The molecule has 0 atom stereocenters. The van der Waals surface area contributed by atoms with E-state index in [2.05, 4.69) is 22.2 Å². The van der Waals surface area contributed by atoms with E-state index in [-0.39, 0.29) is 0 Å². The van der Waals surface area contributed by atoms with Crippen LogP contribution in [-0.4, -0.2) is 16.5 Å². The summed E-state index contributed by atoms with van der Waals surface area (Å²) < 4.78 is 0. The van der Waals surface area contributed by atoms with Crippen molar-refractivity contribution in [2.45, 2.75) is 20.3 Å². The predicted molar refractivity (Wildman–Crippen MR) is 50.0 cm³/mol. The standard InChI is InChI=1S/C8H14N4/c1-3-4-10-7-5-6(2)11-8(9)12-7/h5H,3-4H2,1-2H3,(H3,9,10,11,12). The van der Waals surface area contributed by atoms with Crippen molar-refractivity contribution in [2.75, 3.05) is 17.6 Å². The van der Waals surface area contributed by atoms with Crippen LogP contribution in [0.5, 0.6) is 0 Å². The van der Waals surface area contributed by atoms with Crippen molar-refractivity contribution >= 4 is 11.8 Å². The third-order valence-corrected chi connectivity index (χ3v) is 1.43. The third-order valence-electron chi connectivity index (χ3n) is 1.43. The Bertz CT molecular complexity index is 239. The van der Waals surface area contributed by atoms with E-state index in [0.29, 0.717) is 5.95 Å². The van der Waals surface area contributed by atoms with Gasteiger partial charge in [0.05, 0.1) is 0 Å². The number of nitrogen functional groups attached to an aromatic ring is 1. The van der Waals surface area contributed by atoms with Crippen LogP contribution in [-0.2, 0) is 0 Å². The lowest BCUT2D eigenvalue weighted by molar-refractivity contribution is 0.963. The number of aromatic nitrogens is 2. The molecular weight excluding hydrogens is 152 g/mol. The van der Waals surface area contributed by atoms with Gasteiger partial charge in [0.2, 0.25) is 5.95 Å². The molecule has 1 rings (SSSR count). The van der Waals surface area contributed by atoms with Gasteiger partial charge < -0.3 is 11.1 Å². The molecule has 0 saturated heterocycles. The molecule has 0 aliphatic rings. The van der Waals surface area contributed by atoms with E-state index < -0.39 is 0 Å². The molecule has 4 nitrogen and oxygen atoms in total. The summed E-state index contributed by atoms with van der Waals surface area (Å²) in [6.07, 6.45) is 1.07. The Labute approximate surface area is 72.2 Å². The topological polar surface area (TPSA) is 63.8 Å². The number of nitrogens with two attached hydrogens (primary N) is 1. The molecule has 1 aromatic rings. The number of hydrogen-bond acceptors (Lipinski definition) is 4. The van der Waals surface area contributed by atoms with Gasteiger partial charge in [-0.15, -0.1) is 0 Å². The quantitative estimate of drug-likeness (QED) is 0.708. The molecule has 66 valence electrons. The first-order chi connectivity index (χ1) is 5.72. The van der Waals surface area contributed by atoms with E-state index in [9.17, 15) is 0 Å². The Morgan fingerprint density at radius 1 is 1.50 bits per heavy atom. The van der Waals surface area contributed by atoms with Crippen LogP contribution in [0.25, 0.3) is 0 Å².